The van der Waals surface area contributed by atoms with Gasteiger partial charge in [0, 0.05) is 4.91 Å². The first-order valence-corrected chi connectivity index (χ1v) is 5.09. The Morgan fingerprint density at radius 3 is 3.20 bits per heavy atom. The lowest BCUT2D eigenvalue weighted by atomic mass is 10.5. The zero-order chi connectivity index (χ0) is 10.8. The molecule has 0 aliphatic carbocycles. The van der Waals surface area contributed by atoms with E-state index in [1.165, 1.54) is 4.52 Å². The van der Waals surface area contributed by atoms with Crippen molar-refractivity contribution in [3.05, 3.63) is 38.0 Å². The van der Waals surface area contributed by atoms with Gasteiger partial charge in [-0.1, -0.05) is 16.7 Å². The average molecular weight is 288 g/mol. The summed E-state index contributed by atoms with van der Waals surface area (Å²) in [6.45, 7) is 0.198. The minimum Gasteiger partial charge on any atom is -0.231 e. The van der Waals surface area contributed by atoms with Crippen molar-refractivity contribution >= 4 is 33.2 Å². The van der Waals surface area contributed by atoms with Crippen molar-refractivity contribution in [1.29, 1.82) is 0 Å². The van der Waals surface area contributed by atoms with Gasteiger partial charge in [-0.25, -0.2) is 9.50 Å². The molecule has 0 atom stereocenters. The molecule has 0 spiro atoms. The van der Waals surface area contributed by atoms with E-state index in [1.807, 2.05) is 0 Å². The molecule has 6 nitrogen and oxygen atoms in total. The summed E-state index contributed by atoms with van der Waals surface area (Å²) in [5, 5.41) is 7.80. The number of halogens is 2. The second-order valence-corrected chi connectivity index (χ2v) is 3.95. The highest BCUT2D eigenvalue weighted by Gasteiger charge is 2.06. The fourth-order valence-electron chi connectivity index (χ4n) is 1.14. The number of fused-ring (bicyclic) bond motifs is 1. The first-order valence-electron chi connectivity index (χ1n) is 3.92. The van der Waals surface area contributed by atoms with Gasteiger partial charge in [0.05, 0.1) is 22.9 Å². The van der Waals surface area contributed by atoms with Crippen LogP contribution >= 0.6 is 27.5 Å². The van der Waals surface area contributed by atoms with E-state index in [0.29, 0.717) is 16.5 Å². The summed E-state index contributed by atoms with van der Waals surface area (Å²) in [4.78, 5) is 6.88. The fourth-order valence-corrected chi connectivity index (χ4v) is 1.95. The highest BCUT2D eigenvalue weighted by Crippen LogP contribution is 2.20. The van der Waals surface area contributed by atoms with Gasteiger partial charge in [-0.15, -0.1) is 0 Å². The predicted octanol–water partition coefficient (Wildman–Crippen LogP) is 2.96. The first kappa shape index (κ1) is 10.2. The van der Waals surface area contributed by atoms with Crippen molar-refractivity contribution in [2.24, 2.45) is 5.11 Å². The molecule has 0 aliphatic heterocycles. The van der Waals surface area contributed by atoms with Crippen molar-refractivity contribution in [3.63, 3.8) is 0 Å². The molecule has 2 heterocycles. The van der Waals surface area contributed by atoms with Crippen LogP contribution in [0.4, 0.5) is 0 Å². The molecule has 2 aromatic heterocycles. The number of nitrogens with zero attached hydrogens (tertiary/aromatic N) is 6. The molecule has 0 fully saturated rings. The highest BCUT2D eigenvalue weighted by molar-refractivity contribution is 9.10. The summed E-state index contributed by atoms with van der Waals surface area (Å²) >= 11 is 9.08. The molecule has 0 radical (unpaired) electrons. The summed E-state index contributed by atoms with van der Waals surface area (Å²) in [5.74, 6) is 0. The van der Waals surface area contributed by atoms with Crippen LogP contribution in [0.2, 0.25) is 5.15 Å². The molecule has 0 aliphatic rings. The molecule has 0 N–H and O–H groups in total. The molecule has 76 valence electrons. The van der Waals surface area contributed by atoms with E-state index in [9.17, 15) is 0 Å². The van der Waals surface area contributed by atoms with Crippen LogP contribution in [0.3, 0.4) is 0 Å². The number of hydrogen-bond acceptors (Lipinski definition) is 3. The van der Waals surface area contributed by atoms with Crippen molar-refractivity contribution in [3.8, 4) is 0 Å². The van der Waals surface area contributed by atoms with Crippen LogP contribution in [0.1, 0.15) is 5.69 Å². The van der Waals surface area contributed by atoms with E-state index in [0.717, 1.165) is 4.47 Å². The van der Waals surface area contributed by atoms with E-state index in [1.54, 1.807) is 12.3 Å². The SMILES string of the molecule is [N-]=[N+]=NCc1cn2nc(Cl)cc(Br)c2n1. The molecule has 0 amide bonds. The van der Waals surface area contributed by atoms with Crippen LogP contribution in [0.15, 0.2) is 21.9 Å². The Kier molecular flexibility index (Phi) is 2.77. The topological polar surface area (TPSA) is 79.0 Å². The van der Waals surface area contributed by atoms with E-state index in [2.05, 4.69) is 36.0 Å². The van der Waals surface area contributed by atoms with Crippen LogP contribution in [0.5, 0.6) is 0 Å². The summed E-state index contributed by atoms with van der Waals surface area (Å²) in [7, 11) is 0. The summed E-state index contributed by atoms with van der Waals surface area (Å²) in [5.41, 5.74) is 9.46. The highest BCUT2D eigenvalue weighted by atomic mass is 79.9. The van der Waals surface area contributed by atoms with Crippen LogP contribution in [-0.4, -0.2) is 14.6 Å². The number of aromatic nitrogens is 3. The van der Waals surface area contributed by atoms with Crippen LogP contribution < -0.4 is 0 Å². The maximum Gasteiger partial charge on any atom is 0.168 e. The minimum atomic E-state index is 0.198. The third-order valence-corrected chi connectivity index (χ3v) is 2.46. The standard InChI is InChI=1S/C7H4BrClN6/c8-5-1-6(9)13-15-3-4(2-11-14-10)12-7(5)15/h1,3H,2H2. The van der Waals surface area contributed by atoms with Gasteiger partial charge >= 0.3 is 0 Å². The quantitative estimate of drug-likeness (QED) is 0.483. The molecule has 0 saturated carbocycles. The molecular formula is C7H4BrClN6. The normalized spacial score (nSPS) is 10.3. The van der Waals surface area contributed by atoms with Crippen molar-refractivity contribution in [2.75, 3.05) is 0 Å². The van der Waals surface area contributed by atoms with Gasteiger partial charge in [-0.3, -0.25) is 0 Å². The van der Waals surface area contributed by atoms with Gasteiger partial charge in [0.1, 0.15) is 0 Å². The third kappa shape index (κ3) is 2.04. The molecule has 0 aromatic carbocycles. The average Bonchev–Trinajstić information content (AvgIpc) is 2.57. The third-order valence-electron chi connectivity index (χ3n) is 1.70. The van der Waals surface area contributed by atoms with Gasteiger partial charge in [-0.05, 0) is 27.5 Å². The summed E-state index contributed by atoms with van der Waals surface area (Å²) in [6.07, 6.45) is 1.67. The number of azide groups is 1. The van der Waals surface area contributed by atoms with E-state index >= 15 is 0 Å². The van der Waals surface area contributed by atoms with Crippen molar-refractivity contribution in [1.82, 2.24) is 14.6 Å². The molecule has 2 aromatic rings. The lowest BCUT2D eigenvalue weighted by Crippen LogP contribution is -1.90. The monoisotopic (exact) mass is 286 g/mol. The Morgan fingerprint density at radius 1 is 1.67 bits per heavy atom. The smallest absolute Gasteiger partial charge is 0.168 e. The zero-order valence-corrected chi connectivity index (χ0v) is 9.64. The largest absolute Gasteiger partial charge is 0.231 e. The second kappa shape index (κ2) is 4.06. The number of imidazole rings is 1. The van der Waals surface area contributed by atoms with E-state index in [-0.39, 0.29) is 6.54 Å². The van der Waals surface area contributed by atoms with Gasteiger partial charge < -0.3 is 0 Å². The fraction of sp³-hybridized carbons (Fsp3) is 0.143. The lowest BCUT2D eigenvalue weighted by molar-refractivity contribution is 0.924. The Bertz CT molecular complexity index is 558. The van der Waals surface area contributed by atoms with Crippen molar-refractivity contribution < 1.29 is 0 Å². The van der Waals surface area contributed by atoms with Gasteiger partial charge in [0.15, 0.2) is 10.8 Å². The van der Waals surface area contributed by atoms with Gasteiger partial charge in [-0.2, -0.15) is 5.10 Å². The Balaban J connectivity index is 2.55. The molecule has 0 bridgehead atoms. The maximum absolute atomic E-state index is 8.18. The van der Waals surface area contributed by atoms with Crippen LogP contribution in [0, 0.1) is 0 Å². The van der Waals surface area contributed by atoms with Gasteiger partial charge in [0.25, 0.3) is 0 Å². The molecule has 15 heavy (non-hydrogen) atoms. The van der Waals surface area contributed by atoms with E-state index in [4.69, 9.17) is 17.1 Å². The second-order valence-electron chi connectivity index (χ2n) is 2.70. The Morgan fingerprint density at radius 2 is 2.47 bits per heavy atom. The van der Waals surface area contributed by atoms with Crippen LogP contribution in [0.25, 0.3) is 16.1 Å². The van der Waals surface area contributed by atoms with E-state index < -0.39 is 0 Å². The molecule has 0 saturated heterocycles. The Labute approximate surface area is 97.6 Å². The van der Waals surface area contributed by atoms with Crippen molar-refractivity contribution in [2.45, 2.75) is 6.54 Å². The number of rotatable bonds is 2. The lowest BCUT2D eigenvalue weighted by Gasteiger charge is -1.94. The summed E-state index contributed by atoms with van der Waals surface area (Å²) in [6, 6.07) is 1.65. The molecule has 8 heteroatoms. The molecule has 0 unspecified atom stereocenters. The summed E-state index contributed by atoms with van der Waals surface area (Å²) < 4.78 is 2.28. The maximum atomic E-state index is 8.18. The number of hydrogen-bond donors (Lipinski definition) is 0. The zero-order valence-electron chi connectivity index (χ0n) is 7.30. The molecular weight excluding hydrogens is 283 g/mol. The predicted molar refractivity (Wildman–Crippen MR) is 58.5 cm³/mol. The Hall–Kier alpha value is -1.30. The minimum absolute atomic E-state index is 0.198. The van der Waals surface area contributed by atoms with Crippen LogP contribution in [-0.2, 0) is 6.54 Å². The first-order chi connectivity index (χ1) is 7.20. The molecule has 2 rings (SSSR count). The van der Waals surface area contributed by atoms with Gasteiger partial charge in [0.2, 0.25) is 0 Å².